The number of hydrogen-bond acceptors (Lipinski definition) is 3. The zero-order chi connectivity index (χ0) is 11.4. The molecule has 0 aromatic heterocycles. The van der Waals surface area contributed by atoms with Crippen molar-refractivity contribution in [2.45, 2.75) is 50.8 Å². The van der Waals surface area contributed by atoms with E-state index < -0.39 is 0 Å². The first kappa shape index (κ1) is 10.3. The van der Waals surface area contributed by atoms with Crippen molar-refractivity contribution in [1.82, 2.24) is 4.90 Å². The second-order valence-corrected chi connectivity index (χ2v) is 5.83. The van der Waals surface area contributed by atoms with Gasteiger partial charge in [0.15, 0.2) is 11.5 Å². The summed E-state index contributed by atoms with van der Waals surface area (Å²) in [6, 6.07) is 0. The van der Waals surface area contributed by atoms with Crippen LogP contribution in [0.1, 0.15) is 39.5 Å². The molecule has 1 spiro atoms. The van der Waals surface area contributed by atoms with Crippen molar-refractivity contribution in [3.05, 3.63) is 12.3 Å². The van der Waals surface area contributed by atoms with Crippen LogP contribution in [-0.4, -0.2) is 28.6 Å². The highest BCUT2D eigenvalue weighted by Gasteiger charge is 2.58. The summed E-state index contributed by atoms with van der Waals surface area (Å²) < 4.78 is 6.09. The molecule has 2 aliphatic heterocycles. The van der Waals surface area contributed by atoms with Gasteiger partial charge in [-0.25, -0.2) is 0 Å². The number of nitrogens with zero attached hydrogens (tertiary/aromatic N) is 1. The van der Waals surface area contributed by atoms with E-state index in [-0.39, 0.29) is 23.0 Å². The predicted molar refractivity (Wildman–Crippen MR) is 60.7 cm³/mol. The Kier molecular flexibility index (Phi) is 2.00. The summed E-state index contributed by atoms with van der Waals surface area (Å²) in [7, 11) is 0. The lowest BCUT2D eigenvalue weighted by molar-refractivity contribution is -0.158. The Morgan fingerprint density at radius 2 is 2.25 bits per heavy atom. The fourth-order valence-corrected chi connectivity index (χ4v) is 3.50. The number of ketones is 1. The molecule has 3 heteroatoms. The smallest absolute Gasteiger partial charge is 0.165 e. The van der Waals surface area contributed by atoms with Gasteiger partial charge in [0.2, 0.25) is 0 Å². The second-order valence-electron chi connectivity index (χ2n) is 5.83. The molecule has 1 aliphatic carbocycles. The third kappa shape index (κ3) is 1.15. The van der Waals surface area contributed by atoms with Gasteiger partial charge in [-0.1, -0.05) is 6.42 Å². The van der Waals surface area contributed by atoms with Gasteiger partial charge in [-0.3, -0.25) is 4.79 Å². The van der Waals surface area contributed by atoms with Gasteiger partial charge in [-0.15, -0.1) is 0 Å². The lowest BCUT2D eigenvalue weighted by atomic mass is 9.75. The molecular weight excluding hydrogens is 202 g/mol. The monoisotopic (exact) mass is 221 g/mol. The highest BCUT2D eigenvalue weighted by molar-refractivity contribution is 5.93. The first-order valence-electron chi connectivity index (χ1n) is 6.22. The number of rotatable bonds is 0. The molecular formula is C13H19NO2. The van der Waals surface area contributed by atoms with E-state index in [2.05, 4.69) is 18.7 Å². The van der Waals surface area contributed by atoms with Gasteiger partial charge in [0.25, 0.3) is 0 Å². The van der Waals surface area contributed by atoms with E-state index in [0.717, 1.165) is 25.9 Å². The number of carbonyl (C=O) groups is 1. The lowest BCUT2D eigenvalue weighted by Gasteiger charge is -2.49. The predicted octanol–water partition coefficient (Wildman–Crippen LogP) is 2.08. The van der Waals surface area contributed by atoms with Gasteiger partial charge < -0.3 is 9.64 Å². The van der Waals surface area contributed by atoms with Gasteiger partial charge >= 0.3 is 0 Å². The van der Waals surface area contributed by atoms with Crippen molar-refractivity contribution in [2.24, 2.45) is 5.92 Å². The van der Waals surface area contributed by atoms with Crippen LogP contribution in [0.2, 0.25) is 0 Å². The average Bonchev–Trinajstić information content (AvgIpc) is 2.51. The minimum absolute atomic E-state index is 0.0206. The summed E-state index contributed by atoms with van der Waals surface area (Å²) in [6.45, 7) is 5.10. The van der Waals surface area contributed by atoms with Gasteiger partial charge in [0, 0.05) is 6.20 Å². The lowest BCUT2D eigenvalue weighted by Crippen LogP contribution is -2.58. The molecule has 1 saturated heterocycles. The van der Waals surface area contributed by atoms with Gasteiger partial charge in [0.1, 0.15) is 0 Å². The molecule has 0 radical (unpaired) electrons. The van der Waals surface area contributed by atoms with E-state index in [1.165, 1.54) is 6.42 Å². The molecule has 0 bridgehead atoms. The summed E-state index contributed by atoms with van der Waals surface area (Å²) in [5.74, 6) is 0.321. The Bertz CT molecular complexity index is 361. The van der Waals surface area contributed by atoms with Crippen molar-refractivity contribution in [2.75, 3.05) is 6.61 Å². The number of allylic oxidation sites excluding steroid dienone is 1. The van der Waals surface area contributed by atoms with Crippen LogP contribution in [0.25, 0.3) is 0 Å². The van der Waals surface area contributed by atoms with Crippen LogP contribution in [0.4, 0.5) is 0 Å². The van der Waals surface area contributed by atoms with Crippen LogP contribution in [0.3, 0.4) is 0 Å². The van der Waals surface area contributed by atoms with Crippen molar-refractivity contribution < 1.29 is 9.53 Å². The normalized spacial score (nSPS) is 40.8. The molecule has 3 aliphatic rings. The van der Waals surface area contributed by atoms with Gasteiger partial charge in [-0.05, 0) is 39.2 Å². The van der Waals surface area contributed by atoms with E-state index >= 15 is 0 Å². The van der Waals surface area contributed by atoms with Crippen LogP contribution in [0, 0.1) is 5.92 Å². The Labute approximate surface area is 96.4 Å². The zero-order valence-corrected chi connectivity index (χ0v) is 10.0. The topological polar surface area (TPSA) is 29.5 Å². The molecule has 0 aromatic rings. The Morgan fingerprint density at radius 3 is 3.06 bits per heavy atom. The molecule has 0 aromatic carbocycles. The van der Waals surface area contributed by atoms with Crippen LogP contribution < -0.4 is 0 Å². The SMILES string of the molecule is CC1(C)COC23CCCC[C@@H]2C(=O)C=CN13. The molecule has 16 heavy (non-hydrogen) atoms. The summed E-state index contributed by atoms with van der Waals surface area (Å²) in [5, 5.41) is 0. The molecule has 3 rings (SSSR count). The Balaban J connectivity index is 2.07. The van der Waals surface area contributed by atoms with E-state index in [1.807, 2.05) is 6.20 Å². The minimum Gasteiger partial charge on any atom is -0.352 e. The summed E-state index contributed by atoms with van der Waals surface area (Å²) >= 11 is 0. The van der Waals surface area contributed by atoms with Crippen molar-refractivity contribution in [1.29, 1.82) is 0 Å². The maximum Gasteiger partial charge on any atom is 0.165 e. The molecule has 2 atom stereocenters. The average molecular weight is 221 g/mol. The van der Waals surface area contributed by atoms with E-state index in [9.17, 15) is 4.79 Å². The van der Waals surface area contributed by atoms with Crippen LogP contribution >= 0.6 is 0 Å². The van der Waals surface area contributed by atoms with Crippen LogP contribution in [-0.2, 0) is 9.53 Å². The van der Waals surface area contributed by atoms with Crippen molar-refractivity contribution in [3.63, 3.8) is 0 Å². The maximum atomic E-state index is 12.0. The van der Waals surface area contributed by atoms with Gasteiger partial charge in [0.05, 0.1) is 18.1 Å². The molecule has 1 unspecified atom stereocenters. The number of ether oxygens (including phenoxy) is 1. The van der Waals surface area contributed by atoms with E-state index in [1.54, 1.807) is 6.08 Å². The minimum atomic E-state index is -0.312. The molecule has 1 saturated carbocycles. The first-order valence-corrected chi connectivity index (χ1v) is 6.22. The molecule has 0 N–H and O–H groups in total. The molecule has 0 amide bonds. The fourth-order valence-electron chi connectivity index (χ4n) is 3.50. The highest BCUT2D eigenvalue weighted by Crippen LogP contribution is 2.49. The Morgan fingerprint density at radius 1 is 1.44 bits per heavy atom. The molecule has 3 nitrogen and oxygen atoms in total. The van der Waals surface area contributed by atoms with E-state index in [0.29, 0.717) is 0 Å². The van der Waals surface area contributed by atoms with Crippen molar-refractivity contribution >= 4 is 5.78 Å². The second kappa shape index (κ2) is 3.10. The van der Waals surface area contributed by atoms with Crippen LogP contribution in [0.5, 0.6) is 0 Å². The van der Waals surface area contributed by atoms with Gasteiger partial charge in [-0.2, -0.15) is 0 Å². The third-order valence-corrected chi connectivity index (χ3v) is 4.29. The quantitative estimate of drug-likeness (QED) is 0.627. The maximum absolute atomic E-state index is 12.0. The zero-order valence-electron chi connectivity index (χ0n) is 10.0. The Hall–Kier alpha value is -0.830. The number of carbonyl (C=O) groups excluding carboxylic acids is 1. The molecule has 88 valence electrons. The van der Waals surface area contributed by atoms with E-state index in [4.69, 9.17) is 4.74 Å². The fraction of sp³-hybridized carbons (Fsp3) is 0.769. The summed E-state index contributed by atoms with van der Waals surface area (Å²) in [5.41, 5.74) is -0.291. The molecule has 2 fully saturated rings. The third-order valence-electron chi connectivity index (χ3n) is 4.29. The van der Waals surface area contributed by atoms with Crippen molar-refractivity contribution in [3.8, 4) is 0 Å². The largest absolute Gasteiger partial charge is 0.352 e. The first-order chi connectivity index (χ1) is 7.56. The molecule has 2 heterocycles. The highest BCUT2D eigenvalue weighted by atomic mass is 16.5. The summed E-state index contributed by atoms with van der Waals surface area (Å²) in [4.78, 5) is 14.3. The van der Waals surface area contributed by atoms with Crippen LogP contribution in [0.15, 0.2) is 12.3 Å². The summed E-state index contributed by atoms with van der Waals surface area (Å²) in [6.07, 6.45) is 8.00. The standard InChI is InChI=1S/C13H19NO2/c1-12(2)9-16-13-7-4-3-5-10(13)11(15)6-8-14(12)13/h6,8,10H,3-5,7,9H2,1-2H3/t10-,13?/m1/s1. The number of hydrogen-bond donors (Lipinski definition) is 0.